The first kappa shape index (κ1) is 19.4. The molecule has 6 nitrogen and oxygen atoms in total. The molecule has 1 heterocycles. The standard InChI is InChI=1S/C20H26N4O2S/c1-22-20(23-14-17-7-9-19(10-8-17)27(21,25)26)24-12-11-18(15-24)13-16-5-3-2-4-6-16/h2-10,18H,11-15H2,1H3,(H,22,23)(H2,21,25,26). The lowest BCUT2D eigenvalue weighted by atomic mass is 9.99. The largest absolute Gasteiger partial charge is 0.352 e. The van der Waals surface area contributed by atoms with Gasteiger partial charge in [-0.15, -0.1) is 0 Å². The fourth-order valence-electron chi connectivity index (χ4n) is 3.45. The summed E-state index contributed by atoms with van der Waals surface area (Å²) in [7, 11) is -1.86. The molecule has 144 valence electrons. The monoisotopic (exact) mass is 386 g/mol. The van der Waals surface area contributed by atoms with Crippen LogP contribution in [0.2, 0.25) is 0 Å². The Morgan fingerprint density at radius 1 is 1.15 bits per heavy atom. The lowest BCUT2D eigenvalue weighted by Crippen LogP contribution is -2.39. The van der Waals surface area contributed by atoms with Crippen LogP contribution in [0.5, 0.6) is 0 Å². The van der Waals surface area contributed by atoms with Gasteiger partial charge in [-0.25, -0.2) is 13.6 Å². The molecule has 1 unspecified atom stereocenters. The fourth-order valence-corrected chi connectivity index (χ4v) is 3.96. The SMILES string of the molecule is CN=C(NCc1ccc(S(N)(=O)=O)cc1)N1CCC(Cc2ccccc2)C1. The van der Waals surface area contributed by atoms with Gasteiger partial charge in [0.05, 0.1) is 4.90 Å². The van der Waals surface area contributed by atoms with Gasteiger partial charge in [-0.3, -0.25) is 4.99 Å². The highest BCUT2D eigenvalue weighted by Crippen LogP contribution is 2.21. The van der Waals surface area contributed by atoms with E-state index in [1.54, 1.807) is 19.2 Å². The molecule has 2 aromatic rings. The van der Waals surface area contributed by atoms with Crippen molar-refractivity contribution in [3.05, 3.63) is 65.7 Å². The second-order valence-electron chi connectivity index (χ2n) is 6.88. The highest BCUT2D eigenvalue weighted by molar-refractivity contribution is 7.89. The molecule has 0 spiro atoms. The minimum Gasteiger partial charge on any atom is -0.352 e. The number of guanidine groups is 1. The van der Waals surface area contributed by atoms with Gasteiger partial charge >= 0.3 is 0 Å². The molecule has 7 heteroatoms. The van der Waals surface area contributed by atoms with Crippen LogP contribution in [0.25, 0.3) is 0 Å². The summed E-state index contributed by atoms with van der Waals surface area (Å²) in [6.45, 7) is 2.55. The second-order valence-corrected chi connectivity index (χ2v) is 8.44. The molecule has 1 aliphatic heterocycles. The van der Waals surface area contributed by atoms with E-state index in [0.29, 0.717) is 12.5 Å². The Kier molecular flexibility index (Phi) is 6.13. The van der Waals surface area contributed by atoms with Gasteiger partial charge in [0.1, 0.15) is 0 Å². The predicted octanol–water partition coefficient (Wildman–Crippen LogP) is 1.97. The fraction of sp³-hybridized carbons (Fsp3) is 0.350. The number of aliphatic imine (C=N–C) groups is 1. The summed E-state index contributed by atoms with van der Waals surface area (Å²) in [5, 5.41) is 8.50. The first-order valence-corrected chi connectivity index (χ1v) is 10.6. The van der Waals surface area contributed by atoms with E-state index in [2.05, 4.69) is 39.5 Å². The highest BCUT2D eigenvalue weighted by atomic mass is 32.2. The molecule has 0 bridgehead atoms. The quantitative estimate of drug-likeness (QED) is 0.607. The molecular formula is C20H26N4O2S. The first-order chi connectivity index (χ1) is 13.0. The van der Waals surface area contributed by atoms with E-state index in [1.807, 2.05) is 6.07 Å². The summed E-state index contributed by atoms with van der Waals surface area (Å²) in [5.74, 6) is 1.50. The molecule has 0 aromatic heterocycles. The van der Waals surface area contributed by atoms with Crippen molar-refractivity contribution in [3.63, 3.8) is 0 Å². The van der Waals surface area contributed by atoms with Gasteiger partial charge in [0.2, 0.25) is 10.0 Å². The topological polar surface area (TPSA) is 87.8 Å². The molecule has 0 saturated carbocycles. The maximum Gasteiger partial charge on any atom is 0.238 e. The van der Waals surface area contributed by atoms with E-state index < -0.39 is 10.0 Å². The van der Waals surface area contributed by atoms with Crippen LogP contribution in [0.1, 0.15) is 17.5 Å². The molecule has 1 aliphatic rings. The van der Waals surface area contributed by atoms with Crippen molar-refractivity contribution >= 4 is 16.0 Å². The van der Waals surface area contributed by atoms with Crippen LogP contribution in [0.4, 0.5) is 0 Å². The number of rotatable bonds is 5. The van der Waals surface area contributed by atoms with E-state index in [1.165, 1.54) is 17.7 Å². The van der Waals surface area contributed by atoms with Crippen molar-refractivity contribution < 1.29 is 8.42 Å². The van der Waals surface area contributed by atoms with E-state index >= 15 is 0 Å². The third kappa shape index (κ3) is 5.30. The number of hydrogen-bond donors (Lipinski definition) is 2. The van der Waals surface area contributed by atoms with Crippen molar-refractivity contribution in [2.45, 2.75) is 24.3 Å². The lowest BCUT2D eigenvalue weighted by Gasteiger charge is -2.22. The number of nitrogens with two attached hydrogens (primary N) is 1. The summed E-state index contributed by atoms with van der Waals surface area (Å²) in [5.41, 5.74) is 2.35. The Morgan fingerprint density at radius 3 is 2.48 bits per heavy atom. The maximum atomic E-state index is 11.3. The van der Waals surface area contributed by atoms with Crippen LogP contribution < -0.4 is 10.5 Å². The molecule has 0 aliphatic carbocycles. The van der Waals surface area contributed by atoms with Gasteiger partial charge < -0.3 is 10.2 Å². The Hall–Kier alpha value is -2.38. The Morgan fingerprint density at radius 2 is 1.85 bits per heavy atom. The molecule has 1 atom stereocenters. The van der Waals surface area contributed by atoms with Crippen LogP contribution in [0, 0.1) is 5.92 Å². The predicted molar refractivity (Wildman–Crippen MR) is 108 cm³/mol. The number of primary sulfonamides is 1. The zero-order valence-corrected chi connectivity index (χ0v) is 16.3. The maximum absolute atomic E-state index is 11.3. The van der Waals surface area contributed by atoms with Crippen molar-refractivity contribution in [3.8, 4) is 0 Å². The van der Waals surface area contributed by atoms with Gasteiger partial charge in [0.25, 0.3) is 0 Å². The smallest absolute Gasteiger partial charge is 0.238 e. The molecule has 3 N–H and O–H groups in total. The highest BCUT2D eigenvalue weighted by Gasteiger charge is 2.24. The summed E-state index contributed by atoms with van der Waals surface area (Å²) >= 11 is 0. The van der Waals surface area contributed by atoms with Crippen LogP contribution in [0.3, 0.4) is 0 Å². The van der Waals surface area contributed by atoms with Crippen molar-refractivity contribution in [1.82, 2.24) is 10.2 Å². The summed E-state index contributed by atoms with van der Waals surface area (Å²) < 4.78 is 22.7. The van der Waals surface area contributed by atoms with Gasteiger partial charge in [-0.05, 0) is 42.0 Å². The minimum atomic E-state index is -3.65. The molecule has 0 radical (unpaired) electrons. The number of nitrogens with one attached hydrogen (secondary N) is 1. The molecular weight excluding hydrogens is 360 g/mol. The molecule has 2 aromatic carbocycles. The summed E-state index contributed by atoms with van der Waals surface area (Å²) in [4.78, 5) is 6.81. The molecule has 27 heavy (non-hydrogen) atoms. The number of hydrogen-bond acceptors (Lipinski definition) is 3. The van der Waals surface area contributed by atoms with Gasteiger partial charge in [0.15, 0.2) is 5.96 Å². The molecule has 1 saturated heterocycles. The Labute approximate surface area is 161 Å². The van der Waals surface area contributed by atoms with Gasteiger partial charge in [-0.1, -0.05) is 42.5 Å². The lowest BCUT2D eigenvalue weighted by molar-refractivity contribution is 0.460. The van der Waals surface area contributed by atoms with Crippen LogP contribution in [0.15, 0.2) is 64.5 Å². The zero-order valence-electron chi connectivity index (χ0n) is 15.5. The van der Waals surface area contributed by atoms with E-state index in [0.717, 1.165) is 37.5 Å². The third-order valence-electron chi connectivity index (χ3n) is 4.87. The third-order valence-corrected chi connectivity index (χ3v) is 5.80. The Balaban J connectivity index is 1.54. The van der Waals surface area contributed by atoms with Gasteiger partial charge in [0, 0.05) is 26.7 Å². The number of benzene rings is 2. The normalized spacial score (nSPS) is 17.9. The number of likely N-dealkylation sites (tertiary alicyclic amines) is 1. The van der Waals surface area contributed by atoms with E-state index in [4.69, 9.17) is 5.14 Å². The molecule has 0 amide bonds. The summed E-state index contributed by atoms with van der Waals surface area (Å²) in [6, 6.07) is 17.2. The van der Waals surface area contributed by atoms with Crippen LogP contribution in [-0.2, 0) is 23.0 Å². The number of nitrogens with zero attached hydrogens (tertiary/aromatic N) is 2. The van der Waals surface area contributed by atoms with Crippen LogP contribution >= 0.6 is 0 Å². The van der Waals surface area contributed by atoms with Crippen molar-refractivity contribution in [2.24, 2.45) is 16.0 Å². The molecule has 3 rings (SSSR count). The van der Waals surface area contributed by atoms with Crippen molar-refractivity contribution in [2.75, 3.05) is 20.1 Å². The van der Waals surface area contributed by atoms with E-state index in [-0.39, 0.29) is 4.90 Å². The summed E-state index contributed by atoms with van der Waals surface area (Å²) in [6.07, 6.45) is 2.24. The zero-order chi connectivity index (χ0) is 19.3. The van der Waals surface area contributed by atoms with Gasteiger partial charge in [-0.2, -0.15) is 0 Å². The number of sulfonamides is 1. The second kappa shape index (κ2) is 8.54. The molecule has 1 fully saturated rings. The minimum absolute atomic E-state index is 0.124. The van der Waals surface area contributed by atoms with Crippen LogP contribution in [-0.4, -0.2) is 39.4 Å². The first-order valence-electron chi connectivity index (χ1n) is 9.07. The average Bonchev–Trinajstić information content (AvgIpc) is 3.11. The van der Waals surface area contributed by atoms with E-state index in [9.17, 15) is 8.42 Å². The van der Waals surface area contributed by atoms with Crippen molar-refractivity contribution in [1.29, 1.82) is 0 Å². The average molecular weight is 387 g/mol. The Bertz CT molecular complexity index is 880.